The monoisotopic (exact) mass is 200 g/mol. The van der Waals surface area contributed by atoms with E-state index >= 15 is 0 Å². The minimum atomic E-state index is 0.872. The number of rotatable bonds is 8. The second-order valence-electron chi connectivity index (χ2n) is 5.01. The Hall–Kier alpha value is -0.0400. The molecule has 0 saturated heterocycles. The topological polar surface area (TPSA) is 0 Å². The van der Waals surface area contributed by atoms with Crippen molar-refractivity contribution in [1.82, 2.24) is 0 Å². The van der Waals surface area contributed by atoms with E-state index in [2.05, 4.69) is 34.9 Å². The van der Waals surface area contributed by atoms with Crippen LogP contribution in [0.25, 0.3) is 0 Å². The molecule has 1 atom stereocenters. The molecule has 1 nitrogen and oxygen atoms in total. The van der Waals surface area contributed by atoms with Gasteiger partial charge in [0, 0.05) is 0 Å². The van der Waals surface area contributed by atoms with Crippen molar-refractivity contribution in [1.29, 1.82) is 0 Å². The van der Waals surface area contributed by atoms with Crippen molar-refractivity contribution in [2.24, 2.45) is 0 Å². The molecule has 14 heavy (non-hydrogen) atoms. The standard InChI is InChI=1S/C13H30N/c1-6-9-10-11-12-13(7-2)14(4,5)8-3/h13H,6-12H2,1-5H3/q+1. The summed E-state index contributed by atoms with van der Waals surface area (Å²) in [7, 11) is 4.74. The zero-order valence-electron chi connectivity index (χ0n) is 11.0. The van der Waals surface area contributed by atoms with E-state index < -0.39 is 0 Å². The van der Waals surface area contributed by atoms with Crippen LogP contribution in [0.4, 0.5) is 0 Å². The molecule has 0 radical (unpaired) electrons. The number of hydrogen-bond donors (Lipinski definition) is 0. The van der Waals surface area contributed by atoms with Crippen molar-refractivity contribution in [3.63, 3.8) is 0 Å². The van der Waals surface area contributed by atoms with Gasteiger partial charge in [0.1, 0.15) is 0 Å². The lowest BCUT2D eigenvalue weighted by Gasteiger charge is -2.37. The van der Waals surface area contributed by atoms with Crippen molar-refractivity contribution >= 4 is 0 Å². The van der Waals surface area contributed by atoms with E-state index in [9.17, 15) is 0 Å². The Kier molecular flexibility index (Phi) is 7.26. The van der Waals surface area contributed by atoms with Gasteiger partial charge < -0.3 is 4.48 Å². The predicted octanol–water partition coefficient (Wildman–Crippen LogP) is 3.83. The molecule has 0 amide bonds. The smallest absolute Gasteiger partial charge is 0.0883 e. The molecule has 0 fully saturated rings. The van der Waals surface area contributed by atoms with E-state index in [1.165, 1.54) is 49.6 Å². The Morgan fingerprint density at radius 3 is 2.00 bits per heavy atom. The van der Waals surface area contributed by atoms with E-state index in [0.29, 0.717) is 0 Å². The fourth-order valence-corrected chi connectivity index (χ4v) is 2.11. The molecule has 1 heteroatoms. The normalized spacial score (nSPS) is 14.4. The fraction of sp³-hybridized carbons (Fsp3) is 1.00. The highest BCUT2D eigenvalue weighted by molar-refractivity contribution is 4.56. The van der Waals surface area contributed by atoms with Crippen LogP contribution in [-0.2, 0) is 0 Å². The zero-order chi connectivity index (χ0) is 11.0. The number of nitrogens with zero attached hydrogens (tertiary/aromatic N) is 1. The Morgan fingerprint density at radius 2 is 1.57 bits per heavy atom. The minimum absolute atomic E-state index is 0.872. The third-order valence-electron chi connectivity index (χ3n) is 3.67. The molecule has 0 N–H and O–H groups in total. The van der Waals surface area contributed by atoms with Crippen molar-refractivity contribution in [3.05, 3.63) is 0 Å². The lowest BCUT2D eigenvalue weighted by Crippen LogP contribution is -2.48. The van der Waals surface area contributed by atoms with Gasteiger partial charge in [0.25, 0.3) is 0 Å². The molecule has 0 aromatic rings. The van der Waals surface area contributed by atoms with Gasteiger partial charge in [-0.1, -0.05) is 33.1 Å². The lowest BCUT2D eigenvalue weighted by atomic mass is 10.0. The van der Waals surface area contributed by atoms with Crippen LogP contribution in [0.1, 0.15) is 59.3 Å². The van der Waals surface area contributed by atoms with Gasteiger partial charge in [-0.2, -0.15) is 0 Å². The molecule has 86 valence electrons. The van der Waals surface area contributed by atoms with Gasteiger partial charge in [0.15, 0.2) is 0 Å². The molecular formula is C13H30N+. The molecule has 0 spiro atoms. The quantitative estimate of drug-likeness (QED) is 0.412. The Bertz CT molecular complexity index is 129. The first-order chi connectivity index (χ1) is 6.58. The van der Waals surface area contributed by atoms with Gasteiger partial charge in [-0.15, -0.1) is 0 Å². The molecule has 0 rings (SSSR count). The molecule has 0 heterocycles. The highest BCUT2D eigenvalue weighted by Crippen LogP contribution is 2.17. The van der Waals surface area contributed by atoms with Crippen LogP contribution < -0.4 is 0 Å². The zero-order valence-corrected chi connectivity index (χ0v) is 11.0. The summed E-state index contributed by atoms with van der Waals surface area (Å²) in [6, 6.07) is 0.872. The molecule has 0 aliphatic heterocycles. The summed E-state index contributed by atoms with van der Waals surface area (Å²) < 4.78 is 1.20. The van der Waals surface area contributed by atoms with Crippen molar-refractivity contribution < 1.29 is 4.48 Å². The average molecular weight is 200 g/mol. The van der Waals surface area contributed by atoms with Gasteiger partial charge in [0.05, 0.1) is 26.7 Å². The largest absolute Gasteiger partial charge is 0.326 e. The van der Waals surface area contributed by atoms with Crippen LogP contribution in [0, 0.1) is 0 Å². The van der Waals surface area contributed by atoms with E-state index in [-0.39, 0.29) is 0 Å². The third-order valence-corrected chi connectivity index (χ3v) is 3.67. The summed E-state index contributed by atoms with van der Waals surface area (Å²) in [5, 5.41) is 0. The summed E-state index contributed by atoms with van der Waals surface area (Å²) >= 11 is 0. The predicted molar refractivity (Wildman–Crippen MR) is 65.5 cm³/mol. The van der Waals surface area contributed by atoms with Crippen molar-refractivity contribution in [2.75, 3.05) is 20.6 Å². The third kappa shape index (κ3) is 4.99. The van der Waals surface area contributed by atoms with Gasteiger partial charge in [-0.05, 0) is 26.2 Å². The number of hydrogen-bond acceptors (Lipinski definition) is 0. The highest BCUT2D eigenvalue weighted by atomic mass is 15.3. The van der Waals surface area contributed by atoms with Crippen molar-refractivity contribution in [3.8, 4) is 0 Å². The number of quaternary nitrogens is 1. The van der Waals surface area contributed by atoms with Crippen LogP contribution in [0.2, 0.25) is 0 Å². The molecule has 0 aliphatic rings. The van der Waals surface area contributed by atoms with Crippen LogP contribution in [0.3, 0.4) is 0 Å². The van der Waals surface area contributed by atoms with Crippen LogP contribution in [0.15, 0.2) is 0 Å². The first-order valence-corrected chi connectivity index (χ1v) is 6.41. The van der Waals surface area contributed by atoms with Gasteiger partial charge >= 0.3 is 0 Å². The lowest BCUT2D eigenvalue weighted by molar-refractivity contribution is -0.914. The molecular weight excluding hydrogens is 170 g/mol. The maximum absolute atomic E-state index is 2.37. The van der Waals surface area contributed by atoms with Crippen LogP contribution in [-0.4, -0.2) is 31.2 Å². The van der Waals surface area contributed by atoms with Crippen LogP contribution in [0.5, 0.6) is 0 Å². The van der Waals surface area contributed by atoms with Gasteiger partial charge in [-0.3, -0.25) is 0 Å². The maximum Gasteiger partial charge on any atom is 0.0883 e. The van der Waals surface area contributed by atoms with Gasteiger partial charge in [0.2, 0.25) is 0 Å². The fourth-order valence-electron chi connectivity index (χ4n) is 2.11. The molecule has 0 aliphatic carbocycles. The number of unbranched alkanes of at least 4 members (excludes halogenated alkanes) is 3. The Labute approximate surface area is 91.1 Å². The SMILES string of the molecule is CCCCCCC(CC)[N+](C)(C)CC. The van der Waals surface area contributed by atoms with Crippen molar-refractivity contribution in [2.45, 2.75) is 65.3 Å². The van der Waals surface area contributed by atoms with E-state index in [4.69, 9.17) is 0 Å². The second-order valence-corrected chi connectivity index (χ2v) is 5.01. The summed E-state index contributed by atoms with van der Waals surface area (Å²) in [5.41, 5.74) is 0. The van der Waals surface area contributed by atoms with E-state index in [1.807, 2.05) is 0 Å². The molecule has 0 saturated carbocycles. The highest BCUT2D eigenvalue weighted by Gasteiger charge is 2.23. The van der Waals surface area contributed by atoms with E-state index in [1.54, 1.807) is 0 Å². The summed E-state index contributed by atoms with van der Waals surface area (Å²) in [6.07, 6.45) is 8.36. The Balaban J connectivity index is 3.79. The first-order valence-electron chi connectivity index (χ1n) is 6.41. The summed E-state index contributed by atoms with van der Waals surface area (Å²) in [5.74, 6) is 0. The van der Waals surface area contributed by atoms with E-state index in [0.717, 1.165) is 6.04 Å². The molecule has 0 aromatic heterocycles. The second kappa shape index (κ2) is 7.28. The molecule has 0 aromatic carbocycles. The first kappa shape index (κ1) is 14.0. The summed E-state index contributed by atoms with van der Waals surface area (Å²) in [4.78, 5) is 0. The molecule has 0 bridgehead atoms. The molecule has 1 unspecified atom stereocenters. The van der Waals surface area contributed by atoms with Gasteiger partial charge in [-0.25, -0.2) is 0 Å². The van der Waals surface area contributed by atoms with Crippen LogP contribution >= 0.6 is 0 Å². The summed E-state index contributed by atoms with van der Waals surface area (Å²) in [6.45, 7) is 8.17. The maximum atomic E-state index is 2.37. The minimum Gasteiger partial charge on any atom is -0.326 e. The average Bonchev–Trinajstić information content (AvgIpc) is 2.17. The Morgan fingerprint density at radius 1 is 0.929 bits per heavy atom.